The van der Waals surface area contributed by atoms with Gasteiger partial charge in [-0.25, -0.2) is 18.4 Å². The summed E-state index contributed by atoms with van der Waals surface area (Å²) in [6, 6.07) is 9.07. The molecule has 2 N–H and O–H groups in total. The lowest BCUT2D eigenvalue weighted by Crippen LogP contribution is -2.14. The number of ether oxygens (including phenoxy) is 1. The van der Waals surface area contributed by atoms with E-state index in [0.717, 1.165) is 0 Å². The van der Waals surface area contributed by atoms with Crippen molar-refractivity contribution in [1.29, 1.82) is 0 Å². The largest absolute Gasteiger partial charge is 0.507 e. The predicted molar refractivity (Wildman–Crippen MR) is 108 cm³/mol. The van der Waals surface area contributed by atoms with Gasteiger partial charge in [0.2, 0.25) is 5.82 Å². The Morgan fingerprint density at radius 1 is 1.17 bits per heavy atom. The van der Waals surface area contributed by atoms with E-state index < -0.39 is 14.9 Å². The van der Waals surface area contributed by atoms with Crippen LogP contribution in [0.3, 0.4) is 0 Å². The van der Waals surface area contributed by atoms with E-state index >= 15 is 0 Å². The summed E-state index contributed by atoms with van der Waals surface area (Å²) in [5.41, 5.74) is 0.329. The number of nitro benzene ring substituents is 1. The van der Waals surface area contributed by atoms with E-state index in [1.165, 1.54) is 68.2 Å². The minimum atomic E-state index is -3.95. The van der Waals surface area contributed by atoms with Gasteiger partial charge in [-0.2, -0.15) is 0 Å². The van der Waals surface area contributed by atoms with E-state index in [4.69, 9.17) is 4.74 Å². The van der Waals surface area contributed by atoms with Crippen LogP contribution in [0.5, 0.6) is 11.6 Å². The number of benzene rings is 2. The third kappa shape index (κ3) is 4.67. The van der Waals surface area contributed by atoms with Gasteiger partial charge in [0.15, 0.2) is 0 Å². The zero-order valence-corrected chi connectivity index (χ0v) is 16.3. The van der Waals surface area contributed by atoms with Gasteiger partial charge in [0.1, 0.15) is 5.75 Å². The lowest BCUT2D eigenvalue weighted by atomic mass is 10.2. The number of aliphatic imine (C=N–C) groups is 1. The monoisotopic (exact) mass is 429 g/mol. The van der Waals surface area contributed by atoms with Crippen LogP contribution in [-0.4, -0.2) is 41.7 Å². The van der Waals surface area contributed by atoms with Crippen molar-refractivity contribution in [2.24, 2.45) is 4.99 Å². The highest BCUT2D eigenvalue weighted by Crippen LogP contribution is 2.24. The first-order valence-corrected chi connectivity index (χ1v) is 9.78. The minimum Gasteiger partial charge on any atom is -0.507 e. The number of hydrogen-bond donors (Lipinski definition) is 2. The molecule has 154 valence electrons. The Morgan fingerprint density at radius 2 is 1.87 bits per heavy atom. The van der Waals surface area contributed by atoms with E-state index in [1.807, 2.05) is 0 Å². The zero-order valence-electron chi connectivity index (χ0n) is 15.5. The summed E-state index contributed by atoms with van der Waals surface area (Å²) >= 11 is 0. The molecule has 0 unspecified atom stereocenters. The summed E-state index contributed by atoms with van der Waals surface area (Å²) in [4.78, 5) is 22.1. The SMILES string of the molecule is COc1nccnc1NS(=O)(=O)c1ccc(N=Cc2cc([N+](=O)[O-])ccc2O)cc1. The Kier molecular flexibility index (Phi) is 5.88. The standard InChI is InChI=1S/C18H15N5O6S/c1-29-18-17(19-8-9-20-18)22-30(27,28)15-5-2-13(3-6-15)21-11-12-10-14(23(25)26)4-7-16(12)24/h2-11,24H,1H3,(H,19,22). The second-order valence-corrected chi connectivity index (χ2v) is 7.45. The first-order valence-electron chi connectivity index (χ1n) is 8.29. The number of anilines is 1. The molecule has 0 saturated heterocycles. The van der Waals surface area contributed by atoms with Gasteiger partial charge in [-0.1, -0.05) is 0 Å². The van der Waals surface area contributed by atoms with Crippen molar-refractivity contribution in [3.05, 3.63) is 70.5 Å². The Labute approximate surface area is 170 Å². The molecule has 3 aromatic rings. The summed E-state index contributed by atoms with van der Waals surface area (Å²) < 4.78 is 32.3. The topological polar surface area (TPSA) is 157 Å². The van der Waals surface area contributed by atoms with Crippen molar-refractivity contribution in [3.8, 4) is 11.6 Å². The number of phenols is 1. The van der Waals surface area contributed by atoms with E-state index in [9.17, 15) is 23.6 Å². The Bertz CT molecular complexity index is 1210. The van der Waals surface area contributed by atoms with Gasteiger partial charge in [-0.3, -0.25) is 19.8 Å². The molecule has 0 fully saturated rings. The summed E-state index contributed by atoms with van der Waals surface area (Å²) in [6.07, 6.45) is 3.93. The number of nitrogens with zero attached hydrogens (tertiary/aromatic N) is 4. The summed E-state index contributed by atoms with van der Waals surface area (Å²) in [5, 5.41) is 20.6. The molecule has 11 nitrogen and oxygen atoms in total. The minimum absolute atomic E-state index is 0.0269. The van der Waals surface area contributed by atoms with Gasteiger partial charge >= 0.3 is 0 Å². The molecular weight excluding hydrogens is 414 g/mol. The molecular formula is C18H15N5O6S. The molecule has 1 aromatic heterocycles. The summed E-state index contributed by atoms with van der Waals surface area (Å²) in [6.45, 7) is 0. The molecule has 0 saturated carbocycles. The van der Waals surface area contributed by atoms with Crippen LogP contribution in [0.15, 0.2) is 64.7 Å². The van der Waals surface area contributed by atoms with Crippen LogP contribution in [0, 0.1) is 10.1 Å². The van der Waals surface area contributed by atoms with Crippen LogP contribution >= 0.6 is 0 Å². The van der Waals surface area contributed by atoms with Crippen LogP contribution in [0.4, 0.5) is 17.2 Å². The predicted octanol–water partition coefficient (Wildman–Crippen LogP) is 2.65. The van der Waals surface area contributed by atoms with Gasteiger partial charge in [-0.15, -0.1) is 0 Å². The van der Waals surface area contributed by atoms with Crippen LogP contribution in [-0.2, 0) is 10.0 Å². The maximum absolute atomic E-state index is 12.5. The number of nitro groups is 1. The second kappa shape index (κ2) is 8.53. The molecule has 0 amide bonds. The Hall–Kier alpha value is -4.06. The number of aromatic hydroxyl groups is 1. The van der Waals surface area contributed by atoms with E-state index in [0.29, 0.717) is 5.69 Å². The lowest BCUT2D eigenvalue weighted by molar-refractivity contribution is -0.384. The number of sulfonamides is 1. The smallest absolute Gasteiger partial charge is 0.270 e. The Balaban J connectivity index is 1.80. The number of rotatable bonds is 7. The van der Waals surface area contributed by atoms with Crippen LogP contribution in [0.25, 0.3) is 0 Å². The summed E-state index contributed by atoms with van der Waals surface area (Å²) in [7, 11) is -2.61. The molecule has 0 radical (unpaired) electrons. The lowest BCUT2D eigenvalue weighted by Gasteiger charge is -2.09. The number of non-ortho nitro benzene ring substituents is 1. The van der Waals surface area contributed by atoms with Crippen LogP contribution < -0.4 is 9.46 Å². The van der Waals surface area contributed by atoms with Crippen molar-refractivity contribution in [2.75, 3.05) is 11.8 Å². The molecule has 0 bridgehead atoms. The van der Waals surface area contributed by atoms with Crippen molar-refractivity contribution < 1.29 is 23.2 Å². The molecule has 3 rings (SSSR count). The number of nitrogens with one attached hydrogen (secondary N) is 1. The number of aromatic nitrogens is 2. The van der Waals surface area contributed by atoms with E-state index in [-0.39, 0.29) is 33.6 Å². The number of methoxy groups -OCH3 is 1. The molecule has 0 atom stereocenters. The zero-order chi connectivity index (χ0) is 21.7. The highest BCUT2D eigenvalue weighted by atomic mass is 32.2. The van der Waals surface area contributed by atoms with Crippen LogP contribution in [0.1, 0.15) is 5.56 Å². The van der Waals surface area contributed by atoms with Gasteiger partial charge in [-0.05, 0) is 30.3 Å². The van der Waals surface area contributed by atoms with Crippen molar-refractivity contribution in [2.45, 2.75) is 4.90 Å². The fraction of sp³-hybridized carbons (Fsp3) is 0.0556. The quantitative estimate of drug-likeness (QED) is 0.330. The molecule has 1 heterocycles. The second-order valence-electron chi connectivity index (χ2n) is 5.77. The maximum atomic E-state index is 12.5. The first-order chi connectivity index (χ1) is 14.3. The molecule has 0 aliphatic carbocycles. The average Bonchev–Trinajstić information content (AvgIpc) is 2.73. The van der Waals surface area contributed by atoms with E-state index in [2.05, 4.69) is 19.7 Å². The first kappa shape index (κ1) is 20.7. The van der Waals surface area contributed by atoms with Crippen molar-refractivity contribution in [1.82, 2.24) is 9.97 Å². The molecule has 0 aliphatic rings. The fourth-order valence-electron chi connectivity index (χ4n) is 2.35. The summed E-state index contributed by atoms with van der Waals surface area (Å²) in [5.74, 6) is -0.201. The van der Waals surface area contributed by atoms with Crippen molar-refractivity contribution in [3.63, 3.8) is 0 Å². The third-order valence-electron chi connectivity index (χ3n) is 3.81. The highest BCUT2D eigenvalue weighted by Gasteiger charge is 2.18. The molecule has 30 heavy (non-hydrogen) atoms. The molecule has 0 spiro atoms. The average molecular weight is 429 g/mol. The molecule has 0 aliphatic heterocycles. The highest BCUT2D eigenvalue weighted by molar-refractivity contribution is 7.92. The molecule has 12 heteroatoms. The van der Waals surface area contributed by atoms with Gasteiger partial charge in [0, 0.05) is 36.3 Å². The van der Waals surface area contributed by atoms with Gasteiger partial charge in [0.05, 0.1) is 22.6 Å². The van der Waals surface area contributed by atoms with Gasteiger partial charge < -0.3 is 9.84 Å². The van der Waals surface area contributed by atoms with E-state index in [1.54, 1.807) is 0 Å². The third-order valence-corrected chi connectivity index (χ3v) is 5.17. The number of phenolic OH excluding ortho intramolecular Hbond substituents is 1. The normalized spacial score (nSPS) is 11.4. The molecule has 2 aromatic carbocycles. The van der Waals surface area contributed by atoms with Gasteiger partial charge in [0.25, 0.3) is 21.6 Å². The Morgan fingerprint density at radius 3 is 2.53 bits per heavy atom. The van der Waals surface area contributed by atoms with Crippen molar-refractivity contribution >= 4 is 33.4 Å². The van der Waals surface area contributed by atoms with Crippen LogP contribution in [0.2, 0.25) is 0 Å². The fourth-order valence-corrected chi connectivity index (χ4v) is 3.35. The maximum Gasteiger partial charge on any atom is 0.270 e. The number of hydrogen-bond acceptors (Lipinski definition) is 9.